The Morgan fingerprint density at radius 2 is 1.20 bits per heavy atom. The molecule has 0 spiro atoms. The monoisotopic (exact) mass is 534 g/mol. The summed E-state index contributed by atoms with van der Waals surface area (Å²) in [5, 5.41) is 20.3. The molecule has 1 aromatic heterocycles. The largest absolute Gasteiger partial charge is 0.384 e. The lowest BCUT2D eigenvalue weighted by Gasteiger charge is -2.22. The molecule has 0 saturated heterocycles. The molecule has 1 atom stereocenters. The number of thiazole rings is 1. The van der Waals surface area contributed by atoms with Crippen LogP contribution in [0.1, 0.15) is 17.0 Å². The maximum absolute atomic E-state index is 13.5. The van der Waals surface area contributed by atoms with Crippen LogP contribution in [-0.4, -0.2) is 4.57 Å². The van der Waals surface area contributed by atoms with Crippen molar-refractivity contribution >= 4 is 28.8 Å². The lowest BCUT2D eigenvalue weighted by Crippen LogP contribution is -2.38. The predicted molar refractivity (Wildman–Crippen MR) is 160 cm³/mol. The number of rotatable bonds is 4. The Kier molecular flexibility index (Phi) is 6.46. The molecule has 0 aliphatic carbocycles. The van der Waals surface area contributed by atoms with Crippen LogP contribution in [0.2, 0.25) is 0 Å². The number of allylic oxidation sites excluding steroid dienone is 1. The van der Waals surface area contributed by atoms with Crippen LogP contribution in [0.25, 0.3) is 39.7 Å². The smallest absolute Gasteiger partial charge is 0.274 e. The van der Waals surface area contributed by atoms with Crippen LogP contribution in [0.4, 0.5) is 0 Å². The molecule has 2 heterocycles. The number of nitriles is 2. The number of nitrogens with two attached hydrogens (primary N) is 1. The summed E-state index contributed by atoms with van der Waals surface area (Å²) in [5.41, 5.74) is 12.5. The number of hydrogen-bond acceptors (Lipinski definition) is 5. The number of nitrogens with zero attached hydrogens (tertiary/aromatic N) is 3. The Bertz CT molecular complexity index is 2020. The molecule has 6 rings (SSSR count). The molecule has 0 fully saturated rings. The summed E-state index contributed by atoms with van der Waals surface area (Å²) < 4.78 is 2.20. The Morgan fingerprint density at radius 3 is 1.73 bits per heavy atom. The van der Waals surface area contributed by atoms with Gasteiger partial charge in [0.25, 0.3) is 5.56 Å². The van der Waals surface area contributed by atoms with E-state index in [4.69, 9.17) is 5.73 Å². The molecule has 1 aliphatic heterocycles. The molecule has 0 bridgehead atoms. The quantitative estimate of drug-likeness (QED) is 0.343. The van der Waals surface area contributed by atoms with Crippen molar-refractivity contribution in [3.05, 3.63) is 145 Å². The van der Waals surface area contributed by atoms with E-state index in [1.807, 2.05) is 109 Å². The summed E-state index contributed by atoms with van der Waals surface area (Å²) in [6.45, 7) is 0. The maximum atomic E-state index is 13.5. The minimum atomic E-state index is -0.657. The topological polar surface area (TPSA) is 95.6 Å². The van der Waals surface area contributed by atoms with E-state index in [1.165, 1.54) is 15.9 Å². The molecule has 4 aromatic carbocycles. The SMILES string of the molecule is N#CC1=C(N)n2c(sc(=Cc3ccc(-c4ccccc4)cc3)c2=O)=C(C#N)[C@H]1c1ccc(-c2ccccc2)cc1. The summed E-state index contributed by atoms with van der Waals surface area (Å²) in [4.78, 5) is 13.5. The first kappa shape index (κ1) is 24.9. The van der Waals surface area contributed by atoms with Gasteiger partial charge in [-0.3, -0.25) is 9.36 Å². The molecule has 0 saturated carbocycles. The van der Waals surface area contributed by atoms with Gasteiger partial charge in [0, 0.05) is 0 Å². The van der Waals surface area contributed by atoms with Gasteiger partial charge in [0.15, 0.2) is 0 Å². The lowest BCUT2D eigenvalue weighted by atomic mass is 9.84. The van der Waals surface area contributed by atoms with Crippen LogP contribution in [0, 0.1) is 22.7 Å². The van der Waals surface area contributed by atoms with Gasteiger partial charge >= 0.3 is 0 Å². The minimum Gasteiger partial charge on any atom is -0.384 e. The Balaban J connectivity index is 1.45. The molecule has 0 radical (unpaired) electrons. The van der Waals surface area contributed by atoms with E-state index in [0.717, 1.165) is 33.4 Å². The van der Waals surface area contributed by atoms with Gasteiger partial charge in [-0.25, -0.2) is 0 Å². The standard InChI is InChI=1S/C34H22N4OS/c35-20-28-31(27-17-15-26(16-18-27)24-9-5-2-6-10-24)29(21-36)34-38(32(28)37)33(39)30(40-34)19-22-11-13-25(14-12-22)23-7-3-1-4-8-23/h1-19,31H,37H2/t31-/m0/s1. The first-order chi connectivity index (χ1) is 19.6. The third-order valence-corrected chi connectivity index (χ3v) is 8.16. The summed E-state index contributed by atoms with van der Waals surface area (Å²) in [6.07, 6.45) is 1.80. The zero-order chi connectivity index (χ0) is 27.6. The first-order valence-corrected chi connectivity index (χ1v) is 13.5. The van der Waals surface area contributed by atoms with Crippen molar-refractivity contribution in [2.24, 2.45) is 5.73 Å². The van der Waals surface area contributed by atoms with Crippen molar-refractivity contribution in [2.45, 2.75) is 5.92 Å². The lowest BCUT2D eigenvalue weighted by molar-refractivity contribution is 0.906. The molecular formula is C34H22N4OS. The molecule has 0 unspecified atom stereocenters. The van der Waals surface area contributed by atoms with Crippen LogP contribution >= 0.6 is 11.3 Å². The van der Waals surface area contributed by atoms with Crippen molar-refractivity contribution in [2.75, 3.05) is 0 Å². The predicted octanol–water partition coefficient (Wildman–Crippen LogP) is 5.20. The zero-order valence-corrected chi connectivity index (χ0v) is 22.1. The highest BCUT2D eigenvalue weighted by atomic mass is 32.1. The normalized spacial score (nSPS) is 14.9. The van der Waals surface area contributed by atoms with Gasteiger partial charge in [-0.1, -0.05) is 109 Å². The first-order valence-electron chi connectivity index (χ1n) is 12.7. The molecule has 40 heavy (non-hydrogen) atoms. The molecule has 2 N–H and O–H groups in total. The van der Waals surface area contributed by atoms with Gasteiger partial charge in [0.05, 0.1) is 33.7 Å². The van der Waals surface area contributed by atoms with Gasteiger partial charge in [-0.05, 0) is 39.5 Å². The van der Waals surface area contributed by atoms with E-state index in [2.05, 4.69) is 12.1 Å². The maximum Gasteiger partial charge on any atom is 0.274 e. The molecule has 190 valence electrons. The molecule has 5 nitrogen and oxygen atoms in total. The van der Waals surface area contributed by atoms with Crippen molar-refractivity contribution in [1.29, 1.82) is 10.5 Å². The molecule has 0 amide bonds. The molecule has 5 aromatic rings. The number of benzene rings is 4. The number of hydrogen-bond donors (Lipinski definition) is 1. The van der Waals surface area contributed by atoms with Crippen molar-refractivity contribution in [3.8, 4) is 34.4 Å². The van der Waals surface area contributed by atoms with Crippen LogP contribution in [-0.2, 0) is 0 Å². The number of aromatic nitrogens is 1. The van der Waals surface area contributed by atoms with Gasteiger partial charge < -0.3 is 5.73 Å². The Labute approximate surface area is 234 Å². The minimum absolute atomic E-state index is 0.0639. The Morgan fingerprint density at radius 1 is 0.700 bits per heavy atom. The molecular weight excluding hydrogens is 512 g/mol. The zero-order valence-electron chi connectivity index (χ0n) is 21.3. The molecule has 1 aliphatic rings. The van der Waals surface area contributed by atoms with Gasteiger partial charge in [-0.2, -0.15) is 10.5 Å². The van der Waals surface area contributed by atoms with Crippen molar-refractivity contribution in [1.82, 2.24) is 4.57 Å². The fraction of sp³-hybridized carbons (Fsp3) is 0.0294. The summed E-state index contributed by atoms with van der Waals surface area (Å²) in [7, 11) is 0. The Hall–Kier alpha value is -5.43. The third-order valence-electron chi connectivity index (χ3n) is 7.06. The number of fused-ring (bicyclic) bond motifs is 1. The molecule has 6 heteroatoms. The fourth-order valence-electron chi connectivity index (χ4n) is 5.04. The third kappa shape index (κ3) is 4.33. The van der Waals surface area contributed by atoms with E-state index in [0.29, 0.717) is 14.8 Å². The van der Waals surface area contributed by atoms with Crippen LogP contribution < -0.4 is 20.5 Å². The highest BCUT2D eigenvalue weighted by molar-refractivity contribution is 7.07. The van der Waals surface area contributed by atoms with Crippen molar-refractivity contribution in [3.63, 3.8) is 0 Å². The van der Waals surface area contributed by atoms with Gasteiger partial charge in [-0.15, -0.1) is 11.3 Å². The van der Waals surface area contributed by atoms with E-state index >= 15 is 0 Å². The second-order valence-electron chi connectivity index (χ2n) is 9.40. The van der Waals surface area contributed by atoms with E-state index in [-0.39, 0.29) is 17.0 Å². The second-order valence-corrected chi connectivity index (χ2v) is 10.4. The summed E-state index contributed by atoms with van der Waals surface area (Å²) in [6, 6.07) is 40.2. The highest BCUT2D eigenvalue weighted by Crippen LogP contribution is 2.36. The van der Waals surface area contributed by atoms with E-state index < -0.39 is 5.92 Å². The summed E-state index contributed by atoms with van der Waals surface area (Å²) in [5.74, 6) is -0.593. The highest BCUT2D eigenvalue weighted by Gasteiger charge is 2.32. The average molecular weight is 535 g/mol. The summed E-state index contributed by atoms with van der Waals surface area (Å²) >= 11 is 1.22. The second kappa shape index (κ2) is 10.4. The van der Waals surface area contributed by atoms with Gasteiger partial charge in [0.1, 0.15) is 10.5 Å². The fourth-order valence-corrected chi connectivity index (χ4v) is 6.17. The van der Waals surface area contributed by atoms with E-state index in [1.54, 1.807) is 6.08 Å². The van der Waals surface area contributed by atoms with Crippen molar-refractivity contribution < 1.29 is 0 Å². The van der Waals surface area contributed by atoms with Crippen LogP contribution in [0.15, 0.2) is 120 Å². The van der Waals surface area contributed by atoms with Crippen LogP contribution in [0.5, 0.6) is 0 Å². The average Bonchev–Trinajstić information content (AvgIpc) is 3.34. The van der Waals surface area contributed by atoms with Gasteiger partial charge in [0.2, 0.25) is 0 Å². The van der Waals surface area contributed by atoms with Crippen LogP contribution in [0.3, 0.4) is 0 Å². The van der Waals surface area contributed by atoms with E-state index in [9.17, 15) is 15.3 Å².